The number of fused-ring (bicyclic) bond motifs is 2. The zero-order chi connectivity index (χ0) is 22.1. The zero-order valence-electron chi connectivity index (χ0n) is 17.7. The topological polar surface area (TPSA) is 51.5 Å². The van der Waals surface area contributed by atoms with Crippen LogP contribution < -0.4 is 9.64 Å². The number of aromatic nitrogens is 1. The van der Waals surface area contributed by atoms with E-state index < -0.39 is 0 Å². The average molecular weight is 422 g/mol. The first kappa shape index (κ1) is 19.8. The maximum absolute atomic E-state index is 13.6. The zero-order valence-corrected chi connectivity index (χ0v) is 17.7. The monoisotopic (exact) mass is 422 g/mol. The molecule has 4 aromatic rings. The summed E-state index contributed by atoms with van der Waals surface area (Å²) in [7, 11) is 1.65. The molecule has 158 valence electrons. The predicted molar refractivity (Wildman–Crippen MR) is 124 cm³/mol. The highest BCUT2D eigenvalue weighted by Crippen LogP contribution is 2.32. The molecule has 0 bridgehead atoms. The number of ether oxygens (including phenoxy) is 1. The van der Waals surface area contributed by atoms with Gasteiger partial charge in [-0.25, -0.2) is 0 Å². The van der Waals surface area contributed by atoms with Crippen molar-refractivity contribution < 1.29 is 14.3 Å². The third-order valence-electron chi connectivity index (χ3n) is 5.95. The Hall–Kier alpha value is -4.12. The fourth-order valence-electron chi connectivity index (χ4n) is 4.30. The van der Waals surface area contributed by atoms with Crippen molar-refractivity contribution in [1.29, 1.82) is 0 Å². The van der Waals surface area contributed by atoms with E-state index in [0.29, 0.717) is 24.3 Å². The van der Waals surface area contributed by atoms with Crippen LogP contribution in [0, 0.1) is 0 Å². The van der Waals surface area contributed by atoms with Crippen LogP contribution in [0.5, 0.6) is 5.75 Å². The summed E-state index contributed by atoms with van der Waals surface area (Å²) in [6, 6.07) is 27.0. The van der Waals surface area contributed by atoms with Gasteiger partial charge in [-0.15, -0.1) is 0 Å². The number of amides is 1. The SMILES string of the molecule is COc1ccccc1-c1ccc(C(=O)N2Cc3ccc(C=O)n3Cc3ccccc32)cc1. The van der Waals surface area contributed by atoms with Crippen LogP contribution in [0.1, 0.15) is 32.1 Å². The Morgan fingerprint density at radius 1 is 0.875 bits per heavy atom. The molecular weight excluding hydrogens is 400 g/mol. The number of carbonyl (C=O) groups excluding carboxylic acids is 2. The molecule has 1 aromatic heterocycles. The van der Waals surface area contributed by atoms with E-state index in [1.165, 1.54) is 0 Å². The summed E-state index contributed by atoms with van der Waals surface area (Å²) >= 11 is 0. The number of hydrogen-bond acceptors (Lipinski definition) is 3. The second-order valence-corrected chi connectivity index (χ2v) is 7.75. The summed E-state index contributed by atoms with van der Waals surface area (Å²) < 4.78 is 7.44. The molecule has 0 radical (unpaired) electrons. The van der Waals surface area contributed by atoms with Gasteiger partial charge in [0.25, 0.3) is 5.91 Å². The molecule has 0 N–H and O–H groups in total. The number of para-hydroxylation sites is 2. The molecule has 0 saturated heterocycles. The number of rotatable bonds is 4. The number of aldehydes is 1. The molecular formula is C27H22N2O3. The van der Waals surface area contributed by atoms with Crippen LogP contribution in [0.25, 0.3) is 11.1 Å². The minimum Gasteiger partial charge on any atom is -0.496 e. The summed E-state index contributed by atoms with van der Waals surface area (Å²) in [4.78, 5) is 26.9. The lowest BCUT2D eigenvalue weighted by molar-refractivity contribution is 0.0984. The van der Waals surface area contributed by atoms with Crippen LogP contribution in [0.4, 0.5) is 5.69 Å². The van der Waals surface area contributed by atoms with E-state index in [2.05, 4.69) is 0 Å². The molecule has 2 heterocycles. The lowest BCUT2D eigenvalue weighted by atomic mass is 10.0. The number of benzene rings is 3. The summed E-state index contributed by atoms with van der Waals surface area (Å²) in [5.74, 6) is 0.714. The molecule has 0 spiro atoms. The maximum atomic E-state index is 13.6. The van der Waals surface area contributed by atoms with Crippen molar-refractivity contribution in [3.63, 3.8) is 0 Å². The highest BCUT2D eigenvalue weighted by molar-refractivity contribution is 6.06. The fraction of sp³-hybridized carbons (Fsp3) is 0.111. The summed E-state index contributed by atoms with van der Waals surface area (Å²) in [6.07, 6.45) is 0.861. The average Bonchev–Trinajstić information content (AvgIpc) is 3.15. The highest BCUT2D eigenvalue weighted by atomic mass is 16.5. The Bertz CT molecular complexity index is 1300. The van der Waals surface area contributed by atoms with Gasteiger partial charge >= 0.3 is 0 Å². The van der Waals surface area contributed by atoms with Gasteiger partial charge in [-0.2, -0.15) is 0 Å². The molecule has 1 amide bonds. The van der Waals surface area contributed by atoms with Crippen LogP contribution in [0.3, 0.4) is 0 Å². The molecule has 32 heavy (non-hydrogen) atoms. The van der Waals surface area contributed by atoms with Crippen LogP contribution >= 0.6 is 0 Å². The van der Waals surface area contributed by atoms with Gasteiger partial charge in [0, 0.05) is 22.5 Å². The van der Waals surface area contributed by atoms with Gasteiger partial charge in [0.15, 0.2) is 6.29 Å². The van der Waals surface area contributed by atoms with Crippen LogP contribution in [-0.4, -0.2) is 23.9 Å². The third kappa shape index (κ3) is 3.38. The minimum absolute atomic E-state index is 0.0775. The molecule has 5 heteroatoms. The van der Waals surface area contributed by atoms with Gasteiger partial charge in [-0.05, 0) is 47.5 Å². The number of anilines is 1. The van der Waals surface area contributed by atoms with Gasteiger partial charge in [0.2, 0.25) is 0 Å². The van der Waals surface area contributed by atoms with E-state index in [4.69, 9.17) is 4.74 Å². The van der Waals surface area contributed by atoms with Gasteiger partial charge in [0.1, 0.15) is 5.75 Å². The molecule has 0 atom stereocenters. The molecule has 0 aliphatic carbocycles. The van der Waals surface area contributed by atoms with Gasteiger partial charge in [-0.1, -0.05) is 48.5 Å². The largest absolute Gasteiger partial charge is 0.496 e. The Morgan fingerprint density at radius 3 is 2.41 bits per heavy atom. The Kier molecular flexibility index (Phi) is 5.07. The Labute approximate surface area is 186 Å². The van der Waals surface area contributed by atoms with Crippen LogP contribution in [0.15, 0.2) is 84.9 Å². The number of nitrogens with zero attached hydrogens (tertiary/aromatic N) is 2. The number of hydrogen-bond donors (Lipinski definition) is 0. The second-order valence-electron chi connectivity index (χ2n) is 7.75. The molecule has 0 fully saturated rings. The first-order valence-corrected chi connectivity index (χ1v) is 10.5. The number of methoxy groups -OCH3 is 1. The number of carbonyl (C=O) groups is 2. The van der Waals surface area contributed by atoms with E-state index in [1.54, 1.807) is 18.1 Å². The van der Waals surface area contributed by atoms with E-state index in [0.717, 1.165) is 40.1 Å². The normalized spacial score (nSPS) is 12.5. The van der Waals surface area contributed by atoms with Crippen LogP contribution in [0.2, 0.25) is 0 Å². The van der Waals surface area contributed by atoms with E-state index in [1.807, 2.05) is 83.4 Å². The minimum atomic E-state index is -0.0775. The van der Waals surface area contributed by atoms with Crippen molar-refractivity contribution in [2.45, 2.75) is 13.1 Å². The molecule has 3 aromatic carbocycles. The molecule has 0 unspecified atom stereocenters. The van der Waals surface area contributed by atoms with E-state index in [9.17, 15) is 9.59 Å². The molecule has 1 aliphatic heterocycles. The van der Waals surface area contributed by atoms with Gasteiger partial charge < -0.3 is 14.2 Å². The van der Waals surface area contributed by atoms with Crippen LogP contribution in [-0.2, 0) is 13.1 Å². The maximum Gasteiger partial charge on any atom is 0.258 e. The van der Waals surface area contributed by atoms with E-state index >= 15 is 0 Å². The van der Waals surface area contributed by atoms with Crippen molar-refractivity contribution in [1.82, 2.24) is 4.57 Å². The predicted octanol–water partition coefficient (Wildman–Crippen LogP) is 5.18. The lowest BCUT2D eigenvalue weighted by Crippen LogP contribution is -2.30. The molecule has 5 nitrogen and oxygen atoms in total. The summed E-state index contributed by atoms with van der Waals surface area (Å²) in [6.45, 7) is 0.959. The first-order valence-electron chi connectivity index (χ1n) is 10.5. The Balaban J connectivity index is 1.51. The molecule has 5 rings (SSSR count). The van der Waals surface area contributed by atoms with Gasteiger partial charge in [-0.3, -0.25) is 9.59 Å². The Morgan fingerprint density at radius 2 is 1.62 bits per heavy atom. The van der Waals surface area contributed by atoms with Crippen molar-refractivity contribution in [3.8, 4) is 16.9 Å². The van der Waals surface area contributed by atoms with Crippen molar-refractivity contribution in [2.75, 3.05) is 12.0 Å². The van der Waals surface area contributed by atoms with Gasteiger partial charge in [0.05, 0.1) is 25.9 Å². The second kappa shape index (κ2) is 8.19. The van der Waals surface area contributed by atoms with Crippen molar-refractivity contribution in [2.24, 2.45) is 0 Å². The quantitative estimate of drug-likeness (QED) is 0.426. The molecule has 0 saturated carbocycles. The smallest absolute Gasteiger partial charge is 0.258 e. The lowest BCUT2D eigenvalue weighted by Gasteiger charge is -2.23. The summed E-state index contributed by atoms with van der Waals surface area (Å²) in [5, 5.41) is 0. The van der Waals surface area contributed by atoms with Crippen molar-refractivity contribution >= 4 is 17.9 Å². The summed E-state index contributed by atoms with van der Waals surface area (Å²) in [5.41, 5.74) is 5.99. The fourth-order valence-corrected chi connectivity index (χ4v) is 4.30. The van der Waals surface area contributed by atoms with E-state index in [-0.39, 0.29) is 5.91 Å². The highest BCUT2D eigenvalue weighted by Gasteiger charge is 2.26. The standard InChI is InChI=1S/C27H22N2O3/c1-32-26-9-5-3-7-24(26)19-10-12-20(13-11-19)27(31)29-17-22-14-15-23(18-30)28(22)16-21-6-2-4-8-25(21)29/h2-15,18H,16-17H2,1H3. The molecule has 1 aliphatic rings. The first-order chi connectivity index (χ1) is 15.7. The van der Waals surface area contributed by atoms with Crippen molar-refractivity contribution in [3.05, 3.63) is 107 Å². The third-order valence-corrected chi connectivity index (χ3v) is 5.95.